The molecule has 0 radical (unpaired) electrons. The Morgan fingerprint density at radius 1 is 1.32 bits per heavy atom. The van der Waals surface area contributed by atoms with Gasteiger partial charge < -0.3 is 5.32 Å². The van der Waals surface area contributed by atoms with E-state index in [0.717, 1.165) is 5.69 Å². The van der Waals surface area contributed by atoms with Gasteiger partial charge in [-0.3, -0.25) is 4.79 Å². The van der Waals surface area contributed by atoms with Crippen LogP contribution in [-0.4, -0.2) is 20.9 Å². The zero-order chi connectivity index (χ0) is 13.8. The average molecular weight is 277 g/mol. The van der Waals surface area contributed by atoms with Gasteiger partial charge in [0.1, 0.15) is 11.0 Å². The van der Waals surface area contributed by atoms with E-state index in [-0.39, 0.29) is 5.91 Å². The molecule has 19 heavy (non-hydrogen) atoms. The largest absolute Gasteiger partial charge is 0.346 e. The molecule has 0 saturated heterocycles. The predicted octanol–water partition coefficient (Wildman–Crippen LogP) is 2.07. The Balaban J connectivity index is 2.05. The summed E-state index contributed by atoms with van der Waals surface area (Å²) >= 11 is 5.82. The molecule has 5 nitrogen and oxygen atoms in total. The Labute approximate surface area is 116 Å². The number of aromatic nitrogens is 3. The molecule has 0 fully saturated rings. The van der Waals surface area contributed by atoms with Crippen molar-refractivity contribution < 1.29 is 4.79 Å². The van der Waals surface area contributed by atoms with Gasteiger partial charge >= 0.3 is 0 Å². The molecule has 2 aromatic heterocycles. The van der Waals surface area contributed by atoms with Crippen LogP contribution in [0.2, 0.25) is 5.15 Å². The minimum atomic E-state index is -0.205. The van der Waals surface area contributed by atoms with Crippen LogP contribution in [0.25, 0.3) is 0 Å². The van der Waals surface area contributed by atoms with E-state index in [0.29, 0.717) is 28.8 Å². The Morgan fingerprint density at radius 2 is 2.11 bits per heavy atom. The lowest BCUT2D eigenvalue weighted by Gasteiger charge is -2.06. The molecule has 1 N–H and O–H groups in total. The first-order chi connectivity index (χ1) is 9.04. The molecule has 0 bridgehead atoms. The maximum atomic E-state index is 12.0. The number of carbonyl (C=O) groups excluding carboxylic acids is 1. The number of nitrogens with one attached hydrogen (secondary N) is 1. The zero-order valence-electron chi connectivity index (χ0n) is 10.6. The van der Waals surface area contributed by atoms with Gasteiger partial charge in [0.15, 0.2) is 0 Å². The van der Waals surface area contributed by atoms with Crippen molar-refractivity contribution in [2.24, 2.45) is 0 Å². The lowest BCUT2D eigenvalue weighted by molar-refractivity contribution is 0.0950. The second-order valence-electron chi connectivity index (χ2n) is 4.10. The van der Waals surface area contributed by atoms with E-state index in [1.54, 1.807) is 32.2 Å². The van der Waals surface area contributed by atoms with Crippen LogP contribution in [0.3, 0.4) is 0 Å². The molecule has 2 aromatic rings. The Kier molecular flexibility index (Phi) is 4.06. The molecule has 0 aromatic carbocycles. The fourth-order valence-corrected chi connectivity index (χ4v) is 1.89. The molecule has 0 atom stereocenters. The van der Waals surface area contributed by atoms with Crippen LogP contribution in [0.5, 0.6) is 0 Å². The molecule has 2 heterocycles. The maximum Gasteiger partial charge on any atom is 0.251 e. The third kappa shape index (κ3) is 3.72. The van der Waals surface area contributed by atoms with E-state index in [1.165, 1.54) is 6.07 Å². The molecule has 0 aliphatic rings. The van der Waals surface area contributed by atoms with E-state index < -0.39 is 0 Å². The lowest BCUT2D eigenvalue weighted by atomic mass is 10.2. The minimum absolute atomic E-state index is 0.205. The van der Waals surface area contributed by atoms with Crippen LogP contribution in [0.4, 0.5) is 0 Å². The first kappa shape index (κ1) is 13.4. The van der Waals surface area contributed by atoms with Crippen molar-refractivity contribution in [3.05, 3.63) is 52.3 Å². The van der Waals surface area contributed by atoms with Crippen LogP contribution >= 0.6 is 11.6 Å². The average Bonchev–Trinajstić information content (AvgIpc) is 2.35. The van der Waals surface area contributed by atoms with Crippen LogP contribution in [-0.2, 0) is 6.54 Å². The quantitative estimate of drug-likeness (QED) is 0.872. The fraction of sp³-hybridized carbons (Fsp3) is 0.231. The molecule has 6 heteroatoms. The normalized spacial score (nSPS) is 10.3. The predicted molar refractivity (Wildman–Crippen MR) is 71.9 cm³/mol. The van der Waals surface area contributed by atoms with E-state index in [4.69, 9.17) is 11.6 Å². The van der Waals surface area contributed by atoms with Gasteiger partial charge in [-0.2, -0.15) is 0 Å². The van der Waals surface area contributed by atoms with E-state index in [2.05, 4.69) is 20.3 Å². The summed E-state index contributed by atoms with van der Waals surface area (Å²) < 4.78 is 0. The molecule has 2 rings (SSSR count). The van der Waals surface area contributed by atoms with Crippen molar-refractivity contribution in [2.45, 2.75) is 20.4 Å². The topological polar surface area (TPSA) is 67.8 Å². The third-order valence-corrected chi connectivity index (χ3v) is 2.64. The number of rotatable bonds is 3. The highest BCUT2D eigenvalue weighted by molar-refractivity contribution is 6.29. The SMILES string of the molecule is Cc1cc(C(=O)NCc2ccnc(C)n2)cc(Cl)n1. The Morgan fingerprint density at radius 3 is 2.79 bits per heavy atom. The molecule has 98 valence electrons. The summed E-state index contributed by atoms with van der Waals surface area (Å²) in [5.41, 5.74) is 1.96. The van der Waals surface area contributed by atoms with E-state index >= 15 is 0 Å². The zero-order valence-corrected chi connectivity index (χ0v) is 11.4. The van der Waals surface area contributed by atoms with Crippen molar-refractivity contribution in [3.63, 3.8) is 0 Å². The molecule has 0 saturated carbocycles. The molecule has 0 unspecified atom stereocenters. The Bertz CT molecular complexity index is 595. The number of halogens is 1. The molecule has 0 spiro atoms. The highest BCUT2D eigenvalue weighted by Crippen LogP contribution is 2.10. The molecule has 0 aliphatic heterocycles. The summed E-state index contributed by atoms with van der Waals surface area (Å²) in [5, 5.41) is 3.09. The standard InChI is InChI=1S/C13H13ClN4O/c1-8-5-10(6-12(14)17-8)13(19)16-7-11-3-4-15-9(2)18-11/h3-6H,7H2,1-2H3,(H,16,19). The Hall–Kier alpha value is -2.01. The van der Waals surface area contributed by atoms with Crippen molar-refractivity contribution in [3.8, 4) is 0 Å². The number of carbonyl (C=O) groups is 1. The van der Waals surface area contributed by atoms with Gasteiger partial charge in [0, 0.05) is 17.5 Å². The van der Waals surface area contributed by atoms with E-state index in [9.17, 15) is 4.79 Å². The van der Waals surface area contributed by atoms with Crippen molar-refractivity contribution in [1.29, 1.82) is 0 Å². The van der Waals surface area contributed by atoms with Gasteiger partial charge in [-0.15, -0.1) is 0 Å². The van der Waals surface area contributed by atoms with Gasteiger partial charge in [-0.25, -0.2) is 15.0 Å². The van der Waals surface area contributed by atoms with Gasteiger partial charge in [-0.1, -0.05) is 11.6 Å². The second-order valence-corrected chi connectivity index (χ2v) is 4.49. The van der Waals surface area contributed by atoms with Crippen LogP contribution in [0.15, 0.2) is 24.4 Å². The van der Waals surface area contributed by atoms with E-state index in [1.807, 2.05) is 0 Å². The monoisotopic (exact) mass is 276 g/mol. The summed E-state index contributed by atoms with van der Waals surface area (Å²) in [6, 6.07) is 4.99. The summed E-state index contributed by atoms with van der Waals surface area (Å²) in [7, 11) is 0. The summed E-state index contributed by atoms with van der Waals surface area (Å²) in [5.74, 6) is 0.471. The van der Waals surface area contributed by atoms with Gasteiger partial charge in [0.05, 0.1) is 12.2 Å². The van der Waals surface area contributed by atoms with Crippen molar-refractivity contribution in [2.75, 3.05) is 0 Å². The van der Waals surface area contributed by atoms with Gasteiger partial charge in [0.2, 0.25) is 0 Å². The number of hydrogen-bond acceptors (Lipinski definition) is 4. The van der Waals surface area contributed by atoms with Crippen LogP contribution < -0.4 is 5.32 Å². The minimum Gasteiger partial charge on any atom is -0.346 e. The summed E-state index contributed by atoms with van der Waals surface area (Å²) in [6.07, 6.45) is 1.66. The van der Waals surface area contributed by atoms with Crippen molar-refractivity contribution in [1.82, 2.24) is 20.3 Å². The fourth-order valence-electron chi connectivity index (χ4n) is 1.64. The van der Waals surface area contributed by atoms with Gasteiger partial charge in [0.25, 0.3) is 5.91 Å². The highest BCUT2D eigenvalue weighted by Gasteiger charge is 2.08. The number of amides is 1. The molecular weight excluding hydrogens is 264 g/mol. The third-order valence-electron chi connectivity index (χ3n) is 2.45. The van der Waals surface area contributed by atoms with Crippen molar-refractivity contribution >= 4 is 17.5 Å². The van der Waals surface area contributed by atoms with Gasteiger partial charge in [-0.05, 0) is 32.0 Å². The second kappa shape index (κ2) is 5.75. The maximum absolute atomic E-state index is 12.0. The number of pyridine rings is 1. The first-order valence-electron chi connectivity index (χ1n) is 5.75. The highest BCUT2D eigenvalue weighted by atomic mass is 35.5. The van der Waals surface area contributed by atoms with Crippen LogP contribution in [0.1, 0.15) is 27.6 Å². The summed E-state index contributed by atoms with van der Waals surface area (Å²) in [6.45, 7) is 3.94. The molecular formula is C13H13ClN4O. The smallest absolute Gasteiger partial charge is 0.251 e. The van der Waals surface area contributed by atoms with Crippen LogP contribution in [0, 0.1) is 13.8 Å². The number of aryl methyl sites for hydroxylation is 2. The number of hydrogen-bond donors (Lipinski definition) is 1. The summed E-state index contributed by atoms with van der Waals surface area (Å²) in [4.78, 5) is 24.2. The molecule has 1 amide bonds. The molecule has 0 aliphatic carbocycles. The lowest BCUT2D eigenvalue weighted by Crippen LogP contribution is -2.23. The number of nitrogens with zero attached hydrogens (tertiary/aromatic N) is 3. The first-order valence-corrected chi connectivity index (χ1v) is 6.13.